The first-order valence-electron chi connectivity index (χ1n) is 21.0. The quantitative estimate of drug-likeness (QED) is 0.103. The van der Waals surface area contributed by atoms with Crippen LogP contribution < -0.4 is 20.1 Å². The van der Waals surface area contributed by atoms with Gasteiger partial charge in [0.25, 0.3) is 24.7 Å². The molecule has 9 heterocycles. The molecule has 2 bridgehead atoms. The van der Waals surface area contributed by atoms with Crippen LogP contribution in [0.1, 0.15) is 108 Å². The van der Waals surface area contributed by atoms with E-state index >= 15 is 0 Å². The van der Waals surface area contributed by atoms with E-state index in [1.54, 1.807) is 33.3 Å². The molecule has 11 rings (SSSR count). The van der Waals surface area contributed by atoms with Crippen LogP contribution in [-0.2, 0) is 26.7 Å². The van der Waals surface area contributed by atoms with E-state index in [0.29, 0.717) is 60.6 Å². The Morgan fingerprint density at radius 2 is 1.44 bits per heavy atom. The van der Waals surface area contributed by atoms with Gasteiger partial charge in [0.2, 0.25) is 0 Å². The zero-order valence-corrected chi connectivity index (χ0v) is 34.5. The Morgan fingerprint density at radius 3 is 2.06 bits per heavy atom. The number of anilines is 2. The average molecular weight is 869 g/mol. The number of rotatable bonds is 14. The Bertz CT molecular complexity index is 2750. The van der Waals surface area contributed by atoms with Crippen LogP contribution in [0.3, 0.4) is 0 Å². The summed E-state index contributed by atoms with van der Waals surface area (Å²) in [6.45, 7) is 6.00. The van der Waals surface area contributed by atoms with E-state index in [9.17, 15) is 27.2 Å². The summed E-state index contributed by atoms with van der Waals surface area (Å²) < 4.78 is 83.1. The molecule has 2 amide bonds. The molecule has 14 nitrogen and oxygen atoms in total. The van der Waals surface area contributed by atoms with Crippen LogP contribution in [0.2, 0.25) is 0 Å². The molecular weight excluding hydrogens is 825 g/mol. The summed E-state index contributed by atoms with van der Waals surface area (Å²) in [5.74, 6) is -0.505. The molecule has 0 spiro atoms. The lowest BCUT2D eigenvalue weighted by atomic mass is 9.65. The summed E-state index contributed by atoms with van der Waals surface area (Å²) in [4.78, 5) is 44.8. The van der Waals surface area contributed by atoms with Crippen molar-refractivity contribution in [3.05, 3.63) is 107 Å². The number of nitrogens with zero attached hydrogens (tertiary/aromatic N) is 6. The van der Waals surface area contributed by atoms with Crippen LogP contribution >= 0.6 is 0 Å². The van der Waals surface area contributed by atoms with E-state index in [0.717, 1.165) is 49.6 Å². The molecule has 63 heavy (non-hydrogen) atoms. The van der Waals surface area contributed by atoms with Gasteiger partial charge >= 0.3 is 0 Å². The molecule has 328 valence electrons. The number of nitrogens with one attached hydrogen (secondary N) is 2. The number of imidazole rings is 2. The Morgan fingerprint density at radius 1 is 0.794 bits per heavy atom. The van der Waals surface area contributed by atoms with E-state index in [4.69, 9.17) is 28.9 Å². The van der Waals surface area contributed by atoms with E-state index in [2.05, 4.69) is 27.5 Å². The Balaban J connectivity index is 0.906. The van der Waals surface area contributed by atoms with Gasteiger partial charge in [-0.05, 0) is 81.7 Å². The minimum Gasteiger partial charge on any atom is -0.491 e. The first-order chi connectivity index (χ1) is 30.3. The molecule has 18 heteroatoms. The Hall–Kier alpha value is -6.14. The second-order valence-corrected chi connectivity index (χ2v) is 17.3. The van der Waals surface area contributed by atoms with Gasteiger partial charge in [0, 0.05) is 54.2 Å². The number of carbonyl (C=O) groups is 2. The molecule has 2 aliphatic carbocycles. The number of hydrogen-bond acceptors (Lipinski definition) is 10. The third-order valence-electron chi connectivity index (χ3n) is 13.1. The van der Waals surface area contributed by atoms with E-state index in [1.165, 1.54) is 24.3 Å². The zero-order chi connectivity index (χ0) is 43.7. The molecule has 6 aromatic rings. The first-order valence-corrected chi connectivity index (χ1v) is 21.0. The fourth-order valence-corrected chi connectivity index (χ4v) is 9.18. The summed E-state index contributed by atoms with van der Waals surface area (Å²) in [7, 11) is 0. The topological polar surface area (TPSA) is 156 Å². The van der Waals surface area contributed by atoms with Gasteiger partial charge in [-0.15, -0.1) is 0 Å². The lowest BCUT2D eigenvalue weighted by Gasteiger charge is -2.51. The van der Waals surface area contributed by atoms with Crippen molar-refractivity contribution in [1.29, 1.82) is 0 Å². The second kappa shape index (κ2) is 15.6. The highest BCUT2D eigenvalue weighted by Gasteiger charge is 2.61. The molecule has 2 unspecified atom stereocenters. The van der Waals surface area contributed by atoms with Crippen LogP contribution in [-0.4, -0.2) is 79.2 Å². The number of ether oxygens (including phenoxy) is 4. The Labute approximate surface area is 358 Å². The van der Waals surface area contributed by atoms with Crippen molar-refractivity contribution in [3.8, 4) is 11.5 Å². The molecule has 0 radical (unpaired) electrons. The predicted molar refractivity (Wildman–Crippen MR) is 220 cm³/mol. The molecule has 6 aromatic heterocycles. The number of halogens is 4. The third-order valence-corrected chi connectivity index (χ3v) is 13.1. The second-order valence-electron chi connectivity index (χ2n) is 17.3. The molecule has 5 fully saturated rings. The number of amides is 2. The van der Waals surface area contributed by atoms with Gasteiger partial charge in [-0.25, -0.2) is 37.5 Å². The summed E-state index contributed by atoms with van der Waals surface area (Å²) in [5, 5.41) is 5.55. The summed E-state index contributed by atoms with van der Waals surface area (Å²) >= 11 is 0. The summed E-state index contributed by atoms with van der Waals surface area (Å²) in [5.41, 5.74) is 1.61. The van der Waals surface area contributed by atoms with E-state index < -0.39 is 36.1 Å². The van der Waals surface area contributed by atoms with Crippen LogP contribution in [0.4, 0.5) is 28.9 Å². The number of hydrogen-bond donors (Lipinski definition) is 2. The fourth-order valence-electron chi connectivity index (χ4n) is 9.18. The lowest BCUT2D eigenvalue weighted by Crippen LogP contribution is -2.51. The maximum Gasteiger partial charge on any atom is 0.280 e. The van der Waals surface area contributed by atoms with Crippen molar-refractivity contribution in [2.24, 2.45) is 5.92 Å². The average Bonchev–Trinajstić information content (AvgIpc) is 3.58. The molecular formula is C45H44F4N8O6. The molecule has 2 N–H and O–H groups in total. The number of aromatic nitrogens is 6. The molecule has 2 saturated carbocycles. The van der Waals surface area contributed by atoms with Crippen LogP contribution in [0.15, 0.2) is 67.3 Å². The van der Waals surface area contributed by atoms with Crippen LogP contribution in [0, 0.1) is 5.92 Å². The third kappa shape index (κ3) is 7.62. The smallest absolute Gasteiger partial charge is 0.280 e. The molecule has 0 aromatic carbocycles. The standard InChI is InChI=1S/C45H44F4N8O6/c1-3-61-33-15-38-55-36(45-17-26(45)22-60-24-45)21-57(38)18-31(33)53-42(59)30-14-25(13-29(51-30)40(48)49)7-12-62-34-16-37-54-35(44-10-8-43(2,9-11-44)63-23-44)20-56(37)19-32(34)52-41(58)28-6-4-5-27(50-28)39(46)47/h4-6,13-16,18-21,26,39-40H,3,7-12,17,22-24H2,1-2H3,(H,52,58)(H,53,59). The maximum atomic E-state index is 14.3. The van der Waals surface area contributed by atoms with Crippen molar-refractivity contribution in [2.75, 3.05) is 43.7 Å². The zero-order valence-electron chi connectivity index (χ0n) is 34.5. The van der Waals surface area contributed by atoms with Crippen LogP contribution in [0.5, 0.6) is 11.5 Å². The monoisotopic (exact) mass is 868 g/mol. The normalized spacial score (nSPS) is 23.7. The van der Waals surface area contributed by atoms with Gasteiger partial charge in [-0.1, -0.05) is 6.07 Å². The molecule has 5 aliphatic rings. The van der Waals surface area contributed by atoms with Crippen molar-refractivity contribution < 1.29 is 46.1 Å². The highest BCUT2D eigenvalue weighted by atomic mass is 19.3. The van der Waals surface area contributed by atoms with Crippen LogP contribution in [0.25, 0.3) is 11.3 Å². The fraction of sp³-hybridized carbons (Fsp3) is 0.422. The van der Waals surface area contributed by atoms with Gasteiger partial charge < -0.3 is 38.4 Å². The number of fused-ring (bicyclic) bond motifs is 6. The van der Waals surface area contributed by atoms with E-state index in [-0.39, 0.29) is 52.3 Å². The number of pyridine rings is 4. The predicted octanol–water partition coefficient (Wildman–Crippen LogP) is 8.06. The van der Waals surface area contributed by atoms with Gasteiger partial charge in [0.15, 0.2) is 0 Å². The molecule has 3 saturated heterocycles. The summed E-state index contributed by atoms with van der Waals surface area (Å²) in [6.07, 6.45) is 5.94. The van der Waals surface area contributed by atoms with Crippen molar-refractivity contribution in [3.63, 3.8) is 0 Å². The SMILES string of the molecule is CCOc1cc2nc(C34COCC3C4)cn2cc1NC(=O)c1cc(CCOc2cc3nc(C45CCC(C)(CC4)OC5)cn3cc2NC(=O)c2cccc(C(F)F)n2)cc(C(F)F)n1. The lowest BCUT2D eigenvalue weighted by molar-refractivity contribution is -0.146. The van der Waals surface area contributed by atoms with Gasteiger partial charge in [0.05, 0.1) is 50.0 Å². The number of alkyl halides is 4. The number of carbonyl (C=O) groups excluding carboxylic acids is 2. The van der Waals surface area contributed by atoms with Gasteiger partial charge in [0.1, 0.15) is 56.9 Å². The van der Waals surface area contributed by atoms with Crippen molar-refractivity contribution >= 4 is 34.5 Å². The Kier molecular flexibility index (Phi) is 10.1. The largest absolute Gasteiger partial charge is 0.491 e. The molecule has 3 aliphatic heterocycles. The highest BCUT2D eigenvalue weighted by molar-refractivity contribution is 6.04. The van der Waals surface area contributed by atoms with Gasteiger partial charge in [-0.2, -0.15) is 0 Å². The maximum absolute atomic E-state index is 14.3. The van der Waals surface area contributed by atoms with E-state index in [1.807, 2.05) is 19.3 Å². The minimum absolute atomic E-state index is 0.0540. The summed E-state index contributed by atoms with van der Waals surface area (Å²) in [6, 6.07) is 9.78. The van der Waals surface area contributed by atoms with Gasteiger partial charge in [-0.3, -0.25) is 9.59 Å². The van der Waals surface area contributed by atoms with Crippen molar-refractivity contribution in [2.45, 2.75) is 81.7 Å². The van der Waals surface area contributed by atoms with Crippen molar-refractivity contribution in [1.82, 2.24) is 28.7 Å². The highest BCUT2D eigenvalue weighted by Crippen LogP contribution is 2.58. The minimum atomic E-state index is -2.98. The molecule has 2 atom stereocenters. The first kappa shape index (κ1) is 40.9.